The van der Waals surface area contributed by atoms with Crippen LogP contribution in [0.2, 0.25) is 0 Å². The molecule has 0 heterocycles. The molecule has 0 aliphatic carbocycles. The van der Waals surface area contributed by atoms with E-state index in [1.165, 1.54) is 26.0 Å². The monoisotopic (exact) mass is 249 g/mol. The number of nitrogens with one attached hydrogen (secondary N) is 1. The summed E-state index contributed by atoms with van der Waals surface area (Å²) in [6.07, 6.45) is 4.27. The first-order valence-corrected chi connectivity index (χ1v) is 5.72. The van der Waals surface area contributed by atoms with Gasteiger partial charge < -0.3 is 5.32 Å². The third-order valence-electron chi connectivity index (χ3n) is 2.38. The van der Waals surface area contributed by atoms with Crippen LogP contribution in [0.25, 0.3) is 6.08 Å². The maximum atomic E-state index is 13.0. The summed E-state index contributed by atoms with van der Waals surface area (Å²) in [7, 11) is 0. The Bertz CT molecular complexity index is 481. The Labute approximate surface area is 106 Å². The third-order valence-corrected chi connectivity index (χ3v) is 2.38. The summed E-state index contributed by atoms with van der Waals surface area (Å²) in [5.74, 6) is -0.666. The van der Waals surface area contributed by atoms with Crippen LogP contribution in [0.5, 0.6) is 0 Å². The third kappa shape index (κ3) is 4.49. The van der Waals surface area contributed by atoms with E-state index in [2.05, 4.69) is 5.32 Å². The van der Waals surface area contributed by atoms with E-state index in [-0.39, 0.29) is 11.7 Å². The molecule has 0 saturated carbocycles. The molecule has 1 amide bonds. The van der Waals surface area contributed by atoms with Crippen LogP contribution in [-0.4, -0.2) is 18.2 Å². The SMILES string of the molecule is CC(=O)NCCC=Cc1ccc(F)cc1C(C)=O. The van der Waals surface area contributed by atoms with E-state index in [9.17, 15) is 14.0 Å². The van der Waals surface area contributed by atoms with Gasteiger partial charge in [0.15, 0.2) is 5.78 Å². The lowest BCUT2D eigenvalue weighted by Gasteiger charge is -2.02. The number of carbonyl (C=O) groups excluding carboxylic acids is 2. The fraction of sp³-hybridized carbons (Fsp3) is 0.286. The zero-order valence-corrected chi connectivity index (χ0v) is 10.5. The van der Waals surface area contributed by atoms with Crippen molar-refractivity contribution in [2.45, 2.75) is 20.3 Å². The highest BCUT2D eigenvalue weighted by Crippen LogP contribution is 2.14. The van der Waals surface area contributed by atoms with Crippen LogP contribution in [0.4, 0.5) is 4.39 Å². The molecule has 0 bridgehead atoms. The Balaban J connectivity index is 2.69. The van der Waals surface area contributed by atoms with Crippen molar-refractivity contribution in [1.29, 1.82) is 0 Å². The minimum absolute atomic E-state index is 0.0744. The molecule has 0 aromatic heterocycles. The van der Waals surface area contributed by atoms with Crippen molar-refractivity contribution in [2.24, 2.45) is 0 Å². The number of hydrogen-bond acceptors (Lipinski definition) is 2. The number of Topliss-reactive ketones (excluding diaryl/α,β-unsaturated/α-hetero) is 1. The quantitative estimate of drug-likeness (QED) is 0.644. The van der Waals surface area contributed by atoms with Gasteiger partial charge in [0.2, 0.25) is 5.91 Å². The smallest absolute Gasteiger partial charge is 0.216 e. The molecule has 0 aliphatic rings. The normalized spacial score (nSPS) is 10.6. The van der Waals surface area contributed by atoms with E-state index in [0.29, 0.717) is 24.1 Å². The van der Waals surface area contributed by atoms with Gasteiger partial charge in [0, 0.05) is 19.0 Å². The summed E-state index contributed by atoms with van der Waals surface area (Å²) in [5.41, 5.74) is 1.05. The van der Waals surface area contributed by atoms with Crippen molar-refractivity contribution >= 4 is 17.8 Å². The van der Waals surface area contributed by atoms with E-state index in [0.717, 1.165) is 0 Å². The van der Waals surface area contributed by atoms with E-state index >= 15 is 0 Å². The van der Waals surface area contributed by atoms with Crippen LogP contribution >= 0.6 is 0 Å². The van der Waals surface area contributed by atoms with Gasteiger partial charge in [-0.25, -0.2) is 4.39 Å². The van der Waals surface area contributed by atoms with E-state index in [1.54, 1.807) is 12.1 Å². The van der Waals surface area contributed by atoms with Crippen molar-refractivity contribution in [3.05, 3.63) is 41.2 Å². The second kappa shape index (κ2) is 6.69. The van der Waals surface area contributed by atoms with Gasteiger partial charge in [-0.05, 0) is 31.0 Å². The van der Waals surface area contributed by atoms with Crippen LogP contribution in [-0.2, 0) is 4.79 Å². The second-order valence-electron chi connectivity index (χ2n) is 3.96. The van der Waals surface area contributed by atoms with Crippen LogP contribution < -0.4 is 5.32 Å². The minimum Gasteiger partial charge on any atom is -0.356 e. The standard InChI is InChI=1S/C14H16FNO2/c1-10(17)14-9-13(15)7-6-12(14)5-3-4-8-16-11(2)18/h3,5-7,9H,4,8H2,1-2H3,(H,16,18). The molecule has 0 unspecified atom stereocenters. The summed E-state index contributed by atoms with van der Waals surface area (Å²) in [4.78, 5) is 22.0. The van der Waals surface area contributed by atoms with Gasteiger partial charge in [-0.15, -0.1) is 0 Å². The Hall–Kier alpha value is -1.97. The molecule has 4 heteroatoms. The molecule has 1 N–H and O–H groups in total. The van der Waals surface area contributed by atoms with Crippen LogP contribution in [0.3, 0.4) is 0 Å². The molecule has 0 aliphatic heterocycles. The van der Waals surface area contributed by atoms with Gasteiger partial charge in [-0.2, -0.15) is 0 Å². The predicted octanol–water partition coefficient (Wildman–Crippen LogP) is 2.57. The maximum Gasteiger partial charge on any atom is 0.216 e. The molecule has 0 radical (unpaired) electrons. The Kier molecular flexibility index (Phi) is 5.24. The fourth-order valence-corrected chi connectivity index (χ4v) is 1.52. The molecule has 1 aromatic carbocycles. The number of carbonyl (C=O) groups is 2. The molecule has 0 spiro atoms. The minimum atomic E-state index is -0.421. The number of halogens is 1. The Morgan fingerprint density at radius 1 is 1.33 bits per heavy atom. The van der Waals surface area contributed by atoms with Crippen LogP contribution in [0.15, 0.2) is 24.3 Å². The Morgan fingerprint density at radius 3 is 2.67 bits per heavy atom. The summed E-state index contributed by atoms with van der Waals surface area (Å²) < 4.78 is 13.0. The van der Waals surface area contributed by atoms with Crippen molar-refractivity contribution in [3.8, 4) is 0 Å². The lowest BCUT2D eigenvalue weighted by molar-refractivity contribution is -0.118. The largest absolute Gasteiger partial charge is 0.356 e. The number of amides is 1. The molecule has 1 aromatic rings. The number of rotatable bonds is 5. The molecule has 0 atom stereocenters. The first-order valence-electron chi connectivity index (χ1n) is 5.72. The summed E-state index contributed by atoms with van der Waals surface area (Å²) >= 11 is 0. The highest BCUT2D eigenvalue weighted by atomic mass is 19.1. The van der Waals surface area contributed by atoms with Crippen molar-refractivity contribution in [2.75, 3.05) is 6.54 Å². The molecule has 3 nitrogen and oxygen atoms in total. The van der Waals surface area contributed by atoms with Gasteiger partial charge >= 0.3 is 0 Å². The second-order valence-corrected chi connectivity index (χ2v) is 3.96. The van der Waals surface area contributed by atoms with Crippen molar-refractivity contribution in [3.63, 3.8) is 0 Å². The lowest BCUT2D eigenvalue weighted by atomic mass is 10.0. The first kappa shape index (κ1) is 14.1. The Morgan fingerprint density at radius 2 is 2.06 bits per heavy atom. The summed E-state index contributed by atoms with van der Waals surface area (Å²) in [6, 6.07) is 4.12. The molecule has 0 fully saturated rings. The van der Waals surface area contributed by atoms with Gasteiger partial charge in [0.25, 0.3) is 0 Å². The van der Waals surface area contributed by atoms with Gasteiger partial charge in [0.05, 0.1) is 0 Å². The highest BCUT2D eigenvalue weighted by Gasteiger charge is 2.05. The highest BCUT2D eigenvalue weighted by molar-refractivity contribution is 5.97. The first-order chi connectivity index (χ1) is 8.50. The predicted molar refractivity (Wildman–Crippen MR) is 68.7 cm³/mol. The zero-order valence-electron chi connectivity index (χ0n) is 10.5. The average Bonchev–Trinajstić information content (AvgIpc) is 2.29. The molecular formula is C14H16FNO2. The van der Waals surface area contributed by atoms with Gasteiger partial charge in [0.1, 0.15) is 5.82 Å². The summed E-state index contributed by atoms with van der Waals surface area (Å²) in [6.45, 7) is 3.41. The van der Waals surface area contributed by atoms with E-state index in [1.807, 2.05) is 6.08 Å². The molecule has 1 rings (SSSR count). The molecule has 18 heavy (non-hydrogen) atoms. The zero-order chi connectivity index (χ0) is 13.5. The number of hydrogen-bond donors (Lipinski definition) is 1. The van der Waals surface area contributed by atoms with Crippen molar-refractivity contribution < 1.29 is 14.0 Å². The molecule has 96 valence electrons. The van der Waals surface area contributed by atoms with E-state index in [4.69, 9.17) is 0 Å². The molecule has 0 saturated heterocycles. The summed E-state index contributed by atoms with van der Waals surface area (Å²) in [5, 5.41) is 2.66. The maximum absolute atomic E-state index is 13.0. The fourth-order valence-electron chi connectivity index (χ4n) is 1.52. The van der Waals surface area contributed by atoms with Gasteiger partial charge in [-0.3, -0.25) is 9.59 Å². The number of ketones is 1. The lowest BCUT2D eigenvalue weighted by Crippen LogP contribution is -2.20. The van der Waals surface area contributed by atoms with Crippen LogP contribution in [0, 0.1) is 5.82 Å². The van der Waals surface area contributed by atoms with Crippen LogP contribution in [0.1, 0.15) is 36.2 Å². The average molecular weight is 249 g/mol. The van der Waals surface area contributed by atoms with Gasteiger partial charge in [-0.1, -0.05) is 18.2 Å². The topological polar surface area (TPSA) is 46.2 Å². The van der Waals surface area contributed by atoms with Crippen molar-refractivity contribution in [1.82, 2.24) is 5.32 Å². The number of benzene rings is 1. The van der Waals surface area contributed by atoms with E-state index < -0.39 is 5.82 Å². The molecular weight excluding hydrogens is 233 g/mol.